The smallest absolute Gasteiger partial charge is 0.266 e. The maximum atomic E-state index is 12.5. The molecule has 0 saturated heterocycles. The molecular weight excluding hydrogens is 373 g/mol. The topological polar surface area (TPSA) is 67.2 Å². The molecule has 1 amide bonds. The Morgan fingerprint density at radius 3 is 2.62 bits per heavy atom. The Morgan fingerprint density at radius 1 is 1.33 bits per heavy atom. The molecule has 0 bridgehead atoms. The summed E-state index contributed by atoms with van der Waals surface area (Å²) in [6.07, 6.45) is -3.42. The molecular formula is C11H6BrF3N4OS. The highest BCUT2D eigenvalue weighted by Gasteiger charge is 2.39. The van der Waals surface area contributed by atoms with Crippen molar-refractivity contribution in [3.8, 4) is 0 Å². The Kier molecular flexibility index (Phi) is 4.68. The van der Waals surface area contributed by atoms with E-state index in [4.69, 9.17) is 0 Å². The first-order chi connectivity index (χ1) is 9.88. The molecule has 0 fully saturated rings. The highest BCUT2D eigenvalue weighted by molar-refractivity contribution is 9.10. The third-order valence-corrected chi connectivity index (χ3v) is 3.47. The number of carbonyl (C=O) groups excluding carboxylic acids is 1. The highest BCUT2D eigenvalue weighted by Crippen LogP contribution is 2.31. The fraction of sp³-hybridized carbons (Fsp3) is 0.0909. The molecule has 0 atom stereocenters. The summed E-state index contributed by atoms with van der Waals surface area (Å²) >= 11 is 3.62. The highest BCUT2D eigenvalue weighted by atomic mass is 79.9. The Morgan fingerprint density at radius 2 is 2.00 bits per heavy atom. The maximum absolute atomic E-state index is 12.5. The first-order valence-corrected chi connectivity index (χ1v) is 6.93. The quantitative estimate of drug-likeness (QED) is 0.659. The van der Waals surface area contributed by atoms with Crippen molar-refractivity contribution < 1.29 is 18.0 Å². The zero-order valence-electron chi connectivity index (χ0n) is 10.1. The van der Waals surface area contributed by atoms with E-state index in [1.807, 2.05) is 5.43 Å². The number of nitrogens with one attached hydrogen (secondary N) is 1. The van der Waals surface area contributed by atoms with Gasteiger partial charge in [-0.1, -0.05) is 32.6 Å². The molecule has 10 heteroatoms. The standard InChI is InChI=1S/C11H6BrF3N4OS/c12-7-3-1-6(2-4-7)5-16-18-10(20)8-9(11(13,14)15)17-19-21-8/h1-5H,(H,18,20)/b16-5+. The molecule has 2 rings (SSSR count). The molecule has 2 aromatic rings. The lowest BCUT2D eigenvalue weighted by Crippen LogP contribution is -2.21. The lowest BCUT2D eigenvalue weighted by atomic mass is 10.2. The first kappa shape index (κ1) is 15.6. The predicted molar refractivity (Wildman–Crippen MR) is 74.1 cm³/mol. The third-order valence-electron chi connectivity index (χ3n) is 2.21. The summed E-state index contributed by atoms with van der Waals surface area (Å²) in [6.45, 7) is 0. The van der Waals surface area contributed by atoms with Crippen LogP contribution in [0.5, 0.6) is 0 Å². The van der Waals surface area contributed by atoms with Gasteiger partial charge in [-0.3, -0.25) is 4.79 Å². The van der Waals surface area contributed by atoms with Gasteiger partial charge >= 0.3 is 6.18 Å². The second-order valence-corrected chi connectivity index (χ2v) is 5.37. The summed E-state index contributed by atoms with van der Waals surface area (Å²) in [5.74, 6) is -1.01. The van der Waals surface area contributed by atoms with Crippen molar-refractivity contribution in [3.63, 3.8) is 0 Å². The van der Waals surface area contributed by atoms with Crippen molar-refractivity contribution >= 4 is 39.6 Å². The van der Waals surface area contributed by atoms with Crippen LogP contribution in [0.3, 0.4) is 0 Å². The molecule has 1 heterocycles. The van der Waals surface area contributed by atoms with Gasteiger partial charge in [0.05, 0.1) is 6.21 Å². The minimum Gasteiger partial charge on any atom is -0.266 e. The van der Waals surface area contributed by atoms with Crippen LogP contribution in [0.2, 0.25) is 0 Å². The number of hydrogen-bond acceptors (Lipinski definition) is 5. The van der Waals surface area contributed by atoms with E-state index >= 15 is 0 Å². The van der Waals surface area contributed by atoms with Crippen LogP contribution in [-0.4, -0.2) is 21.7 Å². The fourth-order valence-corrected chi connectivity index (χ4v) is 2.13. The molecule has 1 aromatic carbocycles. The average Bonchev–Trinajstić information content (AvgIpc) is 2.90. The van der Waals surface area contributed by atoms with Crippen LogP contribution < -0.4 is 5.43 Å². The van der Waals surface area contributed by atoms with Gasteiger partial charge in [-0.15, -0.1) is 5.10 Å². The molecule has 0 radical (unpaired) electrons. The number of nitrogens with zero attached hydrogens (tertiary/aromatic N) is 3. The van der Waals surface area contributed by atoms with Crippen LogP contribution in [0, 0.1) is 0 Å². The van der Waals surface area contributed by atoms with Crippen LogP contribution in [0.25, 0.3) is 0 Å². The summed E-state index contributed by atoms with van der Waals surface area (Å²) < 4.78 is 41.7. The number of carbonyl (C=O) groups is 1. The van der Waals surface area contributed by atoms with E-state index < -0.39 is 22.7 Å². The first-order valence-electron chi connectivity index (χ1n) is 5.36. The zero-order chi connectivity index (χ0) is 15.5. The Bertz CT molecular complexity index is 669. The van der Waals surface area contributed by atoms with Gasteiger partial charge in [-0.2, -0.15) is 18.3 Å². The number of hydrazone groups is 1. The number of benzene rings is 1. The van der Waals surface area contributed by atoms with Crippen molar-refractivity contribution in [2.45, 2.75) is 6.18 Å². The van der Waals surface area contributed by atoms with Gasteiger partial charge in [-0.25, -0.2) is 5.43 Å². The van der Waals surface area contributed by atoms with E-state index in [-0.39, 0.29) is 0 Å². The molecule has 5 nitrogen and oxygen atoms in total. The molecule has 1 N–H and O–H groups in total. The number of aromatic nitrogens is 2. The van der Waals surface area contributed by atoms with Gasteiger partial charge in [0.15, 0.2) is 5.69 Å². The SMILES string of the molecule is O=C(N/N=C/c1ccc(Br)cc1)c1snnc1C(F)(F)F. The molecule has 1 aromatic heterocycles. The van der Waals surface area contributed by atoms with Crippen LogP contribution in [-0.2, 0) is 6.18 Å². The molecule has 0 aliphatic rings. The van der Waals surface area contributed by atoms with Gasteiger partial charge in [0.25, 0.3) is 5.91 Å². The molecule has 0 unspecified atom stereocenters. The molecule has 21 heavy (non-hydrogen) atoms. The van der Waals surface area contributed by atoms with Crippen molar-refractivity contribution in [1.29, 1.82) is 0 Å². The lowest BCUT2D eigenvalue weighted by molar-refractivity contribution is -0.141. The minimum absolute atomic E-state index is 0.359. The van der Waals surface area contributed by atoms with Crippen molar-refractivity contribution in [2.24, 2.45) is 5.10 Å². The minimum atomic E-state index is -4.73. The van der Waals surface area contributed by atoms with E-state index in [0.29, 0.717) is 17.1 Å². The Labute approximate surface area is 129 Å². The van der Waals surface area contributed by atoms with Crippen molar-refractivity contribution in [3.05, 3.63) is 44.9 Å². The predicted octanol–water partition coefficient (Wildman–Crippen LogP) is 3.08. The van der Waals surface area contributed by atoms with E-state index in [2.05, 4.69) is 30.6 Å². The van der Waals surface area contributed by atoms with E-state index in [1.165, 1.54) is 6.21 Å². The summed E-state index contributed by atoms with van der Waals surface area (Å²) in [5.41, 5.74) is 1.37. The van der Waals surface area contributed by atoms with E-state index in [1.54, 1.807) is 24.3 Å². The number of rotatable bonds is 3. The maximum Gasteiger partial charge on any atom is 0.436 e. The summed E-state index contributed by atoms with van der Waals surface area (Å²) in [7, 11) is 0. The summed E-state index contributed by atoms with van der Waals surface area (Å²) in [6, 6.07) is 6.96. The lowest BCUT2D eigenvalue weighted by Gasteiger charge is -2.03. The fourth-order valence-electron chi connectivity index (χ4n) is 1.29. The Hall–Kier alpha value is -1.81. The molecule has 0 saturated carbocycles. The second kappa shape index (κ2) is 6.31. The van der Waals surface area contributed by atoms with Gasteiger partial charge in [0, 0.05) is 4.47 Å². The summed E-state index contributed by atoms with van der Waals surface area (Å²) in [4.78, 5) is 11.0. The summed E-state index contributed by atoms with van der Waals surface area (Å²) in [5, 5.41) is 6.50. The largest absolute Gasteiger partial charge is 0.436 e. The van der Waals surface area contributed by atoms with Gasteiger partial charge < -0.3 is 0 Å². The Balaban J connectivity index is 2.06. The monoisotopic (exact) mass is 378 g/mol. The van der Waals surface area contributed by atoms with Crippen LogP contribution in [0.1, 0.15) is 20.9 Å². The second-order valence-electron chi connectivity index (χ2n) is 3.70. The molecule has 110 valence electrons. The van der Waals surface area contributed by atoms with Crippen molar-refractivity contribution in [1.82, 2.24) is 15.0 Å². The van der Waals surface area contributed by atoms with Gasteiger partial charge in [0.1, 0.15) is 4.88 Å². The molecule has 0 spiro atoms. The molecule has 0 aliphatic heterocycles. The van der Waals surface area contributed by atoms with Crippen LogP contribution >= 0.6 is 27.5 Å². The zero-order valence-corrected chi connectivity index (χ0v) is 12.5. The molecule has 0 aliphatic carbocycles. The average molecular weight is 379 g/mol. The number of amides is 1. The van der Waals surface area contributed by atoms with Gasteiger partial charge in [0.2, 0.25) is 0 Å². The number of alkyl halides is 3. The number of hydrogen-bond donors (Lipinski definition) is 1. The van der Waals surface area contributed by atoms with Gasteiger partial charge in [-0.05, 0) is 29.2 Å². The van der Waals surface area contributed by atoms with Crippen LogP contribution in [0.4, 0.5) is 13.2 Å². The van der Waals surface area contributed by atoms with E-state index in [9.17, 15) is 18.0 Å². The van der Waals surface area contributed by atoms with E-state index in [0.717, 1.165) is 4.47 Å². The number of halogens is 4. The third kappa shape index (κ3) is 4.08. The van der Waals surface area contributed by atoms with Crippen molar-refractivity contribution in [2.75, 3.05) is 0 Å². The van der Waals surface area contributed by atoms with Crippen LogP contribution in [0.15, 0.2) is 33.8 Å². The normalized spacial score (nSPS) is 11.8.